The molecule has 32 heavy (non-hydrogen) atoms. The van der Waals surface area contributed by atoms with Crippen LogP contribution in [0.1, 0.15) is 46.1 Å². The molecule has 1 aliphatic heterocycles. The van der Waals surface area contributed by atoms with E-state index in [4.69, 9.17) is 4.42 Å². The largest absolute Gasteiger partial charge is 0.420 e. The smallest absolute Gasteiger partial charge is 0.416 e. The maximum Gasteiger partial charge on any atom is 0.416 e. The van der Waals surface area contributed by atoms with E-state index in [9.17, 15) is 31.1 Å². The number of thiophene rings is 1. The number of aromatic nitrogens is 2. The molecular weight excluding hydrogens is 460 g/mol. The fourth-order valence-electron chi connectivity index (χ4n) is 3.52. The van der Waals surface area contributed by atoms with Crippen LogP contribution in [-0.2, 0) is 12.4 Å². The van der Waals surface area contributed by atoms with E-state index in [0.29, 0.717) is 30.9 Å². The fraction of sp³-hybridized carbons (Fsp3) is 0.350. The number of carbonyl (C=O) groups is 1. The Morgan fingerprint density at radius 2 is 1.75 bits per heavy atom. The number of halogens is 6. The van der Waals surface area contributed by atoms with Crippen LogP contribution in [0.5, 0.6) is 0 Å². The SMILES string of the molecule is O=C(c1cc(C(F)(F)F)cc(C(F)(F)F)c1)N1CCCC(c2nnc(-c3cccs3)o2)C1. The first-order valence-electron chi connectivity index (χ1n) is 9.48. The van der Waals surface area contributed by atoms with Crippen molar-refractivity contribution in [3.8, 4) is 10.8 Å². The molecule has 170 valence electrons. The molecule has 5 nitrogen and oxygen atoms in total. The van der Waals surface area contributed by atoms with Crippen LogP contribution in [0.3, 0.4) is 0 Å². The van der Waals surface area contributed by atoms with Gasteiger partial charge in [0.15, 0.2) is 0 Å². The highest BCUT2D eigenvalue weighted by Gasteiger charge is 2.38. The summed E-state index contributed by atoms with van der Waals surface area (Å²) in [5.41, 5.74) is -3.72. The molecule has 1 amide bonds. The van der Waals surface area contributed by atoms with Crippen molar-refractivity contribution in [1.29, 1.82) is 0 Å². The minimum atomic E-state index is -5.03. The van der Waals surface area contributed by atoms with E-state index in [1.165, 1.54) is 16.2 Å². The second-order valence-electron chi connectivity index (χ2n) is 7.31. The van der Waals surface area contributed by atoms with E-state index in [0.717, 1.165) is 4.88 Å². The Kier molecular flexibility index (Phi) is 5.74. The zero-order valence-electron chi connectivity index (χ0n) is 16.2. The van der Waals surface area contributed by atoms with Crippen molar-refractivity contribution in [1.82, 2.24) is 15.1 Å². The van der Waals surface area contributed by atoms with Gasteiger partial charge in [0.05, 0.1) is 21.9 Å². The van der Waals surface area contributed by atoms with Crippen LogP contribution in [0.4, 0.5) is 26.3 Å². The molecule has 3 heterocycles. The maximum absolute atomic E-state index is 13.1. The van der Waals surface area contributed by atoms with E-state index < -0.39 is 35.0 Å². The van der Waals surface area contributed by atoms with Crippen molar-refractivity contribution in [3.63, 3.8) is 0 Å². The number of piperidine rings is 1. The summed E-state index contributed by atoms with van der Waals surface area (Å²) in [6, 6.07) is 4.51. The van der Waals surface area contributed by atoms with Crippen molar-refractivity contribution < 1.29 is 35.6 Å². The third-order valence-corrected chi connectivity index (χ3v) is 5.92. The third kappa shape index (κ3) is 4.64. The number of carbonyl (C=O) groups excluding carboxylic acids is 1. The average molecular weight is 475 g/mol. The minimum Gasteiger partial charge on any atom is -0.420 e. The molecule has 1 saturated heterocycles. The number of rotatable bonds is 3. The summed E-state index contributed by atoms with van der Waals surface area (Å²) in [5.74, 6) is -0.705. The van der Waals surface area contributed by atoms with Gasteiger partial charge in [0, 0.05) is 18.7 Å². The van der Waals surface area contributed by atoms with Gasteiger partial charge in [-0.1, -0.05) is 6.07 Å². The Morgan fingerprint density at radius 3 is 2.34 bits per heavy atom. The lowest BCUT2D eigenvalue weighted by molar-refractivity contribution is -0.143. The molecule has 0 radical (unpaired) electrons. The van der Waals surface area contributed by atoms with Gasteiger partial charge >= 0.3 is 12.4 Å². The number of hydrogen-bond acceptors (Lipinski definition) is 5. The van der Waals surface area contributed by atoms with Gasteiger partial charge in [-0.15, -0.1) is 21.5 Å². The van der Waals surface area contributed by atoms with Crippen LogP contribution in [0.25, 0.3) is 10.8 Å². The monoisotopic (exact) mass is 475 g/mol. The molecule has 0 bridgehead atoms. The van der Waals surface area contributed by atoms with E-state index in [2.05, 4.69) is 10.2 Å². The standard InChI is InChI=1S/C20H15F6N3O2S/c21-19(22,23)13-7-12(8-14(9-13)20(24,25)26)18(30)29-5-1-3-11(10-29)16-27-28-17(31-16)15-4-2-6-32-15/h2,4,6-9,11H,1,3,5,10H2. The van der Waals surface area contributed by atoms with E-state index in [-0.39, 0.29) is 31.0 Å². The highest BCUT2D eigenvalue weighted by molar-refractivity contribution is 7.13. The van der Waals surface area contributed by atoms with Crippen molar-refractivity contribution >= 4 is 17.2 Å². The molecule has 0 aliphatic carbocycles. The molecule has 1 aromatic carbocycles. The van der Waals surface area contributed by atoms with E-state index in [1.807, 2.05) is 11.4 Å². The lowest BCUT2D eigenvalue weighted by atomic mass is 9.96. The molecule has 0 saturated carbocycles. The van der Waals surface area contributed by atoms with E-state index >= 15 is 0 Å². The molecule has 0 N–H and O–H groups in total. The van der Waals surface area contributed by atoms with Gasteiger partial charge in [-0.3, -0.25) is 4.79 Å². The number of likely N-dealkylation sites (tertiary alicyclic amines) is 1. The predicted molar refractivity (Wildman–Crippen MR) is 102 cm³/mol. The molecule has 3 aromatic rings. The lowest BCUT2D eigenvalue weighted by Crippen LogP contribution is -2.39. The molecule has 12 heteroatoms. The summed E-state index contributed by atoms with van der Waals surface area (Å²) >= 11 is 1.40. The Morgan fingerprint density at radius 1 is 1.06 bits per heavy atom. The van der Waals surface area contributed by atoms with Gasteiger partial charge in [-0.05, 0) is 42.5 Å². The summed E-state index contributed by atoms with van der Waals surface area (Å²) in [7, 11) is 0. The quantitative estimate of drug-likeness (QED) is 0.446. The van der Waals surface area contributed by atoms with Gasteiger partial charge in [0.2, 0.25) is 5.89 Å². The Balaban J connectivity index is 1.58. The van der Waals surface area contributed by atoms with Crippen molar-refractivity contribution in [2.45, 2.75) is 31.1 Å². The second kappa shape index (κ2) is 8.23. The molecule has 2 aromatic heterocycles. The van der Waals surface area contributed by atoms with Gasteiger partial charge in [-0.25, -0.2) is 0 Å². The first-order valence-corrected chi connectivity index (χ1v) is 10.4. The van der Waals surface area contributed by atoms with Crippen molar-refractivity contribution in [3.05, 3.63) is 58.3 Å². The number of alkyl halides is 6. The summed E-state index contributed by atoms with van der Waals surface area (Å²) in [6.07, 6.45) is -8.98. The van der Waals surface area contributed by atoms with Crippen molar-refractivity contribution in [2.24, 2.45) is 0 Å². The molecule has 0 spiro atoms. The highest BCUT2D eigenvalue weighted by Crippen LogP contribution is 2.37. The minimum absolute atomic E-state index is 0.000328. The zero-order chi connectivity index (χ0) is 23.1. The predicted octanol–water partition coefficient (Wildman–Crippen LogP) is 5.86. The molecule has 1 atom stereocenters. The molecule has 4 rings (SSSR count). The average Bonchev–Trinajstić information content (AvgIpc) is 3.43. The zero-order valence-corrected chi connectivity index (χ0v) is 17.0. The van der Waals surface area contributed by atoms with Gasteiger partial charge in [0.25, 0.3) is 11.8 Å². The van der Waals surface area contributed by atoms with Crippen molar-refractivity contribution in [2.75, 3.05) is 13.1 Å². The summed E-state index contributed by atoms with van der Waals surface area (Å²) < 4.78 is 84.4. The van der Waals surface area contributed by atoms with Crippen LogP contribution < -0.4 is 0 Å². The van der Waals surface area contributed by atoms with Crippen LogP contribution in [-0.4, -0.2) is 34.1 Å². The first kappa shape index (κ1) is 22.3. The van der Waals surface area contributed by atoms with Crippen LogP contribution in [0, 0.1) is 0 Å². The first-order chi connectivity index (χ1) is 15.0. The maximum atomic E-state index is 13.1. The Labute approximate surface area is 181 Å². The fourth-order valence-corrected chi connectivity index (χ4v) is 4.17. The molecular formula is C20H15F6N3O2S. The number of nitrogens with zero attached hydrogens (tertiary/aromatic N) is 3. The van der Waals surface area contributed by atoms with Crippen LogP contribution in [0.2, 0.25) is 0 Å². The summed E-state index contributed by atoms with van der Waals surface area (Å²) in [4.78, 5) is 14.8. The van der Waals surface area contributed by atoms with E-state index in [1.54, 1.807) is 6.07 Å². The van der Waals surface area contributed by atoms with Crippen LogP contribution in [0.15, 0.2) is 40.1 Å². The van der Waals surface area contributed by atoms with Crippen LogP contribution >= 0.6 is 11.3 Å². The summed E-state index contributed by atoms with van der Waals surface area (Å²) in [5, 5.41) is 9.83. The Hall–Kier alpha value is -2.89. The molecule has 1 fully saturated rings. The van der Waals surface area contributed by atoms with Gasteiger partial charge in [-0.2, -0.15) is 26.3 Å². The summed E-state index contributed by atoms with van der Waals surface area (Å²) in [6.45, 7) is 0.237. The second-order valence-corrected chi connectivity index (χ2v) is 8.26. The van der Waals surface area contributed by atoms with Gasteiger partial charge < -0.3 is 9.32 Å². The highest BCUT2D eigenvalue weighted by atomic mass is 32.1. The topological polar surface area (TPSA) is 59.2 Å². The molecule has 1 aliphatic rings. The number of benzene rings is 1. The van der Waals surface area contributed by atoms with Gasteiger partial charge in [0.1, 0.15) is 0 Å². The number of hydrogen-bond donors (Lipinski definition) is 0. The normalized spacial score (nSPS) is 17.6. The number of amides is 1. The molecule has 1 unspecified atom stereocenters. The third-order valence-electron chi connectivity index (χ3n) is 5.07. The lowest BCUT2D eigenvalue weighted by Gasteiger charge is -2.31. The Bertz CT molecular complexity index is 1080.